The van der Waals surface area contributed by atoms with E-state index < -0.39 is 0 Å². The Labute approximate surface area is 96.2 Å². The van der Waals surface area contributed by atoms with Crippen LogP contribution in [0, 0.1) is 0 Å². The van der Waals surface area contributed by atoms with Crippen LogP contribution in [0.4, 0.5) is 0 Å². The standard InChI is InChI=1S/C12H19NOS/c1-11(7-8-13)15-10-14-9-12-5-3-2-4-6-12/h2-6,11H,7-10,13H2,1H3. The Morgan fingerprint density at radius 1 is 1.33 bits per heavy atom. The van der Waals surface area contributed by atoms with Crippen LogP contribution in [0.1, 0.15) is 18.9 Å². The number of thioether (sulfide) groups is 1. The molecule has 0 radical (unpaired) electrons. The highest BCUT2D eigenvalue weighted by Gasteiger charge is 2.00. The third-order valence-corrected chi connectivity index (χ3v) is 3.23. The van der Waals surface area contributed by atoms with E-state index in [9.17, 15) is 0 Å². The predicted octanol–water partition coefficient (Wildman–Crippen LogP) is 2.63. The van der Waals surface area contributed by atoms with E-state index in [-0.39, 0.29) is 0 Å². The van der Waals surface area contributed by atoms with Gasteiger partial charge in [-0.25, -0.2) is 0 Å². The second-order valence-electron chi connectivity index (χ2n) is 3.51. The molecular formula is C12H19NOS. The summed E-state index contributed by atoms with van der Waals surface area (Å²) >= 11 is 1.82. The third-order valence-electron chi connectivity index (χ3n) is 2.12. The summed E-state index contributed by atoms with van der Waals surface area (Å²) in [5.41, 5.74) is 6.70. The van der Waals surface area contributed by atoms with Crippen molar-refractivity contribution in [1.29, 1.82) is 0 Å². The molecule has 0 saturated heterocycles. The molecule has 0 amide bonds. The van der Waals surface area contributed by atoms with Crippen LogP contribution in [0.3, 0.4) is 0 Å². The van der Waals surface area contributed by atoms with Gasteiger partial charge in [0.1, 0.15) is 0 Å². The van der Waals surface area contributed by atoms with Gasteiger partial charge in [-0.3, -0.25) is 0 Å². The molecule has 0 saturated carbocycles. The highest BCUT2D eigenvalue weighted by molar-refractivity contribution is 7.99. The van der Waals surface area contributed by atoms with Crippen molar-refractivity contribution in [3.63, 3.8) is 0 Å². The van der Waals surface area contributed by atoms with Gasteiger partial charge >= 0.3 is 0 Å². The molecule has 0 aliphatic heterocycles. The monoisotopic (exact) mass is 225 g/mol. The van der Waals surface area contributed by atoms with Crippen molar-refractivity contribution in [1.82, 2.24) is 0 Å². The average molecular weight is 225 g/mol. The van der Waals surface area contributed by atoms with Crippen LogP contribution in [0.15, 0.2) is 30.3 Å². The lowest BCUT2D eigenvalue weighted by Gasteiger charge is -2.09. The van der Waals surface area contributed by atoms with Crippen LogP contribution in [-0.2, 0) is 11.3 Å². The van der Waals surface area contributed by atoms with Gasteiger partial charge in [0.15, 0.2) is 0 Å². The molecule has 0 aliphatic carbocycles. The van der Waals surface area contributed by atoms with Gasteiger partial charge in [-0.15, -0.1) is 11.8 Å². The number of hydrogen-bond donors (Lipinski definition) is 1. The van der Waals surface area contributed by atoms with Crippen LogP contribution in [0.2, 0.25) is 0 Å². The van der Waals surface area contributed by atoms with E-state index in [4.69, 9.17) is 10.5 Å². The smallest absolute Gasteiger partial charge is 0.0928 e. The van der Waals surface area contributed by atoms with E-state index in [1.54, 1.807) is 0 Å². The molecule has 3 heteroatoms. The zero-order chi connectivity index (χ0) is 10.9. The van der Waals surface area contributed by atoms with Gasteiger partial charge in [0, 0.05) is 5.25 Å². The summed E-state index contributed by atoms with van der Waals surface area (Å²) in [6, 6.07) is 10.2. The maximum absolute atomic E-state index is 5.56. The Balaban J connectivity index is 2.07. The lowest BCUT2D eigenvalue weighted by atomic mass is 10.2. The fourth-order valence-corrected chi connectivity index (χ4v) is 1.93. The fourth-order valence-electron chi connectivity index (χ4n) is 1.22. The fraction of sp³-hybridized carbons (Fsp3) is 0.500. The summed E-state index contributed by atoms with van der Waals surface area (Å²) in [5.74, 6) is 0.746. The average Bonchev–Trinajstić information content (AvgIpc) is 2.26. The molecule has 84 valence electrons. The summed E-state index contributed by atoms with van der Waals surface area (Å²) in [6.45, 7) is 3.64. The maximum Gasteiger partial charge on any atom is 0.0928 e. The van der Waals surface area contributed by atoms with E-state index in [0.29, 0.717) is 11.9 Å². The summed E-state index contributed by atoms with van der Waals surface area (Å²) in [5, 5.41) is 0.589. The van der Waals surface area contributed by atoms with Crippen LogP contribution in [0.25, 0.3) is 0 Å². The molecule has 1 aromatic carbocycles. The minimum atomic E-state index is 0.589. The maximum atomic E-state index is 5.56. The highest BCUT2D eigenvalue weighted by atomic mass is 32.2. The molecule has 0 aromatic heterocycles. The molecule has 1 rings (SSSR count). The zero-order valence-electron chi connectivity index (χ0n) is 9.19. The van der Waals surface area contributed by atoms with Gasteiger partial charge in [0.05, 0.1) is 12.5 Å². The summed E-state index contributed by atoms with van der Waals surface area (Å²) in [4.78, 5) is 0. The molecule has 0 heterocycles. The predicted molar refractivity (Wildman–Crippen MR) is 66.8 cm³/mol. The minimum Gasteiger partial charge on any atom is -0.366 e. The van der Waals surface area contributed by atoms with Crippen molar-refractivity contribution in [3.8, 4) is 0 Å². The van der Waals surface area contributed by atoms with Crippen molar-refractivity contribution >= 4 is 11.8 Å². The van der Waals surface area contributed by atoms with Crippen molar-refractivity contribution in [3.05, 3.63) is 35.9 Å². The van der Waals surface area contributed by atoms with Crippen molar-refractivity contribution in [2.75, 3.05) is 12.5 Å². The Hall–Kier alpha value is -0.510. The van der Waals surface area contributed by atoms with E-state index in [2.05, 4.69) is 19.1 Å². The van der Waals surface area contributed by atoms with Gasteiger partial charge in [0.2, 0.25) is 0 Å². The first-order chi connectivity index (χ1) is 7.33. The second-order valence-corrected chi connectivity index (χ2v) is 4.88. The SMILES string of the molecule is CC(CCN)SCOCc1ccccc1. The minimum absolute atomic E-state index is 0.589. The molecule has 0 spiro atoms. The van der Waals surface area contributed by atoms with Crippen LogP contribution in [-0.4, -0.2) is 17.7 Å². The molecule has 1 atom stereocenters. The molecule has 0 fully saturated rings. The quantitative estimate of drug-likeness (QED) is 0.572. The van der Waals surface area contributed by atoms with Gasteiger partial charge in [-0.2, -0.15) is 0 Å². The first-order valence-corrected chi connectivity index (χ1v) is 6.31. The molecule has 1 unspecified atom stereocenters. The summed E-state index contributed by atoms with van der Waals surface area (Å²) in [6.07, 6.45) is 1.05. The van der Waals surface area contributed by atoms with Gasteiger partial charge in [-0.05, 0) is 18.5 Å². The Morgan fingerprint density at radius 2 is 2.07 bits per heavy atom. The number of hydrogen-bond acceptors (Lipinski definition) is 3. The Kier molecular flexibility index (Phi) is 6.48. The van der Waals surface area contributed by atoms with E-state index in [0.717, 1.165) is 18.9 Å². The van der Waals surface area contributed by atoms with Gasteiger partial charge < -0.3 is 10.5 Å². The largest absolute Gasteiger partial charge is 0.366 e. The van der Waals surface area contributed by atoms with Gasteiger partial charge in [-0.1, -0.05) is 37.3 Å². The molecule has 0 bridgehead atoms. The number of nitrogens with two attached hydrogens (primary N) is 1. The summed E-state index contributed by atoms with van der Waals surface area (Å²) in [7, 11) is 0. The molecule has 2 nitrogen and oxygen atoms in total. The van der Waals surface area contributed by atoms with E-state index in [1.165, 1.54) is 5.56 Å². The second kappa shape index (κ2) is 7.74. The zero-order valence-corrected chi connectivity index (χ0v) is 10.0. The first-order valence-electron chi connectivity index (χ1n) is 5.26. The van der Waals surface area contributed by atoms with Crippen LogP contribution >= 0.6 is 11.8 Å². The third kappa shape index (κ3) is 5.82. The molecular weight excluding hydrogens is 206 g/mol. The topological polar surface area (TPSA) is 35.2 Å². The van der Waals surface area contributed by atoms with Crippen LogP contribution in [0.5, 0.6) is 0 Å². The van der Waals surface area contributed by atoms with Crippen molar-refractivity contribution in [2.24, 2.45) is 5.73 Å². The number of ether oxygens (including phenoxy) is 1. The molecule has 1 aromatic rings. The van der Waals surface area contributed by atoms with Crippen molar-refractivity contribution in [2.45, 2.75) is 25.2 Å². The Morgan fingerprint density at radius 3 is 2.73 bits per heavy atom. The first kappa shape index (κ1) is 12.6. The number of benzene rings is 1. The van der Waals surface area contributed by atoms with E-state index in [1.807, 2.05) is 30.0 Å². The molecule has 15 heavy (non-hydrogen) atoms. The van der Waals surface area contributed by atoms with Gasteiger partial charge in [0.25, 0.3) is 0 Å². The lowest BCUT2D eigenvalue weighted by molar-refractivity contribution is 0.169. The lowest BCUT2D eigenvalue weighted by Crippen LogP contribution is -2.08. The molecule has 2 N–H and O–H groups in total. The van der Waals surface area contributed by atoms with E-state index >= 15 is 0 Å². The van der Waals surface area contributed by atoms with Crippen molar-refractivity contribution < 1.29 is 4.74 Å². The number of rotatable bonds is 7. The van der Waals surface area contributed by atoms with Crippen LogP contribution < -0.4 is 5.73 Å². The Bertz CT molecular complexity index is 253. The summed E-state index contributed by atoms with van der Waals surface area (Å²) < 4.78 is 5.56. The normalized spacial score (nSPS) is 12.7. The molecule has 0 aliphatic rings. The highest BCUT2D eigenvalue weighted by Crippen LogP contribution is 2.14.